The lowest BCUT2D eigenvalue weighted by molar-refractivity contribution is -0.384. The molecule has 0 aromatic heterocycles. The van der Waals surface area contributed by atoms with Gasteiger partial charge in [-0.05, 0) is 64.3 Å². The Morgan fingerprint density at radius 1 is 1.19 bits per heavy atom. The van der Waals surface area contributed by atoms with Crippen molar-refractivity contribution in [3.8, 4) is 5.75 Å². The molecule has 140 valence electrons. The Bertz CT molecular complexity index is 881. The fourth-order valence-corrected chi connectivity index (χ4v) is 2.56. The first-order valence-electron chi connectivity index (χ1n) is 7.75. The van der Waals surface area contributed by atoms with Gasteiger partial charge in [-0.3, -0.25) is 30.6 Å². The van der Waals surface area contributed by atoms with Crippen LogP contribution in [0.3, 0.4) is 0 Å². The molecule has 0 aliphatic rings. The molecule has 0 radical (unpaired) electrons. The number of hydrogen-bond donors (Lipinski definition) is 2. The highest BCUT2D eigenvalue weighted by Gasteiger charge is 2.07. The van der Waals surface area contributed by atoms with E-state index in [-0.39, 0.29) is 12.3 Å². The molecule has 9 heteroatoms. The summed E-state index contributed by atoms with van der Waals surface area (Å²) in [5, 5.41) is 10.6. The second-order valence-corrected chi connectivity index (χ2v) is 6.30. The number of carbonyl (C=O) groups is 2. The fraction of sp³-hybridized carbons (Fsp3) is 0.111. The number of halogens is 1. The van der Waals surface area contributed by atoms with Gasteiger partial charge in [-0.2, -0.15) is 0 Å². The molecule has 0 aliphatic heterocycles. The number of aryl methyl sites for hydroxylation is 1. The van der Waals surface area contributed by atoms with Gasteiger partial charge in [0.1, 0.15) is 5.75 Å². The first-order chi connectivity index (χ1) is 12.8. The van der Waals surface area contributed by atoms with Crippen LogP contribution in [0, 0.1) is 17.0 Å². The summed E-state index contributed by atoms with van der Waals surface area (Å²) in [4.78, 5) is 33.5. The normalized spacial score (nSPS) is 10.4. The van der Waals surface area contributed by atoms with Crippen molar-refractivity contribution in [3.05, 3.63) is 74.3 Å². The molecular weight excluding hydrogens is 418 g/mol. The van der Waals surface area contributed by atoms with Crippen LogP contribution in [0.4, 0.5) is 5.69 Å². The van der Waals surface area contributed by atoms with Crippen LogP contribution in [0.1, 0.15) is 11.1 Å². The van der Waals surface area contributed by atoms with E-state index in [1.807, 2.05) is 19.1 Å². The summed E-state index contributed by atoms with van der Waals surface area (Å²) in [5.74, 6) is -0.571. The van der Waals surface area contributed by atoms with Gasteiger partial charge in [0.25, 0.3) is 17.5 Å². The van der Waals surface area contributed by atoms with Crippen molar-refractivity contribution in [3.63, 3.8) is 0 Å². The third-order valence-corrected chi connectivity index (χ3v) is 3.92. The first-order valence-corrected chi connectivity index (χ1v) is 8.55. The van der Waals surface area contributed by atoms with Crippen LogP contribution < -0.4 is 15.6 Å². The average Bonchev–Trinajstić information content (AvgIpc) is 2.64. The molecule has 0 saturated carbocycles. The van der Waals surface area contributed by atoms with Crippen LogP contribution in [0.5, 0.6) is 5.75 Å². The monoisotopic (exact) mass is 433 g/mol. The van der Waals surface area contributed by atoms with Gasteiger partial charge in [0.05, 0.1) is 9.40 Å². The highest BCUT2D eigenvalue weighted by atomic mass is 79.9. The Balaban J connectivity index is 1.77. The van der Waals surface area contributed by atoms with Crippen LogP contribution in [-0.4, -0.2) is 23.3 Å². The van der Waals surface area contributed by atoms with E-state index in [2.05, 4.69) is 26.8 Å². The van der Waals surface area contributed by atoms with Crippen molar-refractivity contribution in [1.82, 2.24) is 10.9 Å². The molecule has 2 rings (SSSR count). The fourth-order valence-electron chi connectivity index (χ4n) is 1.95. The molecule has 0 atom stereocenters. The summed E-state index contributed by atoms with van der Waals surface area (Å²) in [7, 11) is 0. The highest BCUT2D eigenvalue weighted by Crippen LogP contribution is 2.25. The van der Waals surface area contributed by atoms with Crippen LogP contribution in [0.25, 0.3) is 6.08 Å². The zero-order chi connectivity index (χ0) is 19.8. The molecule has 0 fully saturated rings. The van der Waals surface area contributed by atoms with Crippen molar-refractivity contribution in [2.75, 3.05) is 6.61 Å². The summed E-state index contributed by atoms with van der Waals surface area (Å²) in [5.41, 5.74) is 6.06. The van der Waals surface area contributed by atoms with Crippen molar-refractivity contribution < 1.29 is 19.2 Å². The SMILES string of the molecule is Cc1ccc(OCC(=O)NNC(=O)/C=C/c2ccc([N+](=O)[O-])cc2)c(Br)c1. The van der Waals surface area contributed by atoms with E-state index in [1.165, 1.54) is 36.4 Å². The maximum absolute atomic E-state index is 11.7. The minimum Gasteiger partial charge on any atom is -0.483 e. The van der Waals surface area contributed by atoms with E-state index in [0.717, 1.165) is 10.0 Å². The van der Waals surface area contributed by atoms with E-state index in [1.54, 1.807) is 6.07 Å². The van der Waals surface area contributed by atoms with Gasteiger partial charge in [-0.25, -0.2) is 0 Å². The van der Waals surface area contributed by atoms with Crippen molar-refractivity contribution in [2.24, 2.45) is 0 Å². The number of rotatable bonds is 6. The molecule has 2 N–H and O–H groups in total. The second-order valence-electron chi connectivity index (χ2n) is 5.44. The van der Waals surface area contributed by atoms with Gasteiger partial charge in [0.15, 0.2) is 6.61 Å². The number of ether oxygens (including phenoxy) is 1. The van der Waals surface area contributed by atoms with Gasteiger partial charge in [-0.1, -0.05) is 6.07 Å². The van der Waals surface area contributed by atoms with E-state index in [0.29, 0.717) is 11.3 Å². The van der Waals surface area contributed by atoms with Crippen LogP contribution in [0.15, 0.2) is 53.0 Å². The number of nitro benzene ring substituents is 1. The van der Waals surface area contributed by atoms with Crippen molar-refractivity contribution in [2.45, 2.75) is 6.92 Å². The second kappa shape index (κ2) is 9.48. The molecule has 8 nitrogen and oxygen atoms in total. The molecule has 2 aromatic carbocycles. The van der Waals surface area contributed by atoms with E-state index < -0.39 is 16.7 Å². The Kier molecular flexibility index (Phi) is 7.07. The van der Waals surface area contributed by atoms with Gasteiger partial charge in [0, 0.05) is 18.2 Å². The predicted octanol–water partition coefficient (Wildman–Crippen LogP) is 2.91. The standard InChI is InChI=1S/C18H16BrN3O5/c1-12-2-8-16(15(19)10-12)27-11-18(24)21-20-17(23)9-5-13-3-6-14(7-4-13)22(25)26/h2-10H,11H2,1H3,(H,20,23)(H,21,24)/b9-5+. The third-order valence-electron chi connectivity index (χ3n) is 3.30. The van der Waals surface area contributed by atoms with Gasteiger partial charge in [-0.15, -0.1) is 0 Å². The molecule has 0 spiro atoms. The number of nitro groups is 1. The quantitative estimate of drug-likeness (QED) is 0.413. The molecule has 0 saturated heterocycles. The number of amides is 2. The van der Waals surface area contributed by atoms with Crippen molar-refractivity contribution in [1.29, 1.82) is 0 Å². The van der Waals surface area contributed by atoms with Gasteiger partial charge < -0.3 is 4.74 Å². The number of nitrogens with zero attached hydrogens (tertiary/aromatic N) is 1. The van der Waals surface area contributed by atoms with Gasteiger partial charge >= 0.3 is 0 Å². The number of hydrogen-bond acceptors (Lipinski definition) is 5. The zero-order valence-electron chi connectivity index (χ0n) is 14.3. The summed E-state index contributed by atoms with van der Waals surface area (Å²) in [6.45, 7) is 1.66. The number of carbonyl (C=O) groups excluding carboxylic acids is 2. The summed E-state index contributed by atoms with van der Waals surface area (Å²) in [6, 6.07) is 11.1. The number of hydrazine groups is 1. The number of nitrogens with one attached hydrogen (secondary N) is 2. The predicted molar refractivity (Wildman–Crippen MR) is 103 cm³/mol. The lowest BCUT2D eigenvalue weighted by atomic mass is 10.2. The molecule has 0 heterocycles. The molecule has 2 amide bonds. The molecule has 2 aromatic rings. The van der Waals surface area contributed by atoms with Gasteiger partial charge in [0.2, 0.25) is 0 Å². The molecule has 0 unspecified atom stereocenters. The lowest BCUT2D eigenvalue weighted by Gasteiger charge is -2.09. The lowest BCUT2D eigenvalue weighted by Crippen LogP contribution is -2.43. The summed E-state index contributed by atoms with van der Waals surface area (Å²) >= 11 is 3.34. The average molecular weight is 434 g/mol. The Hall–Kier alpha value is -3.20. The summed E-state index contributed by atoms with van der Waals surface area (Å²) < 4.78 is 6.09. The molecule has 0 bridgehead atoms. The highest BCUT2D eigenvalue weighted by molar-refractivity contribution is 9.10. The minimum atomic E-state index is -0.557. The molecular formula is C18H16BrN3O5. The summed E-state index contributed by atoms with van der Waals surface area (Å²) in [6.07, 6.45) is 2.66. The Morgan fingerprint density at radius 2 is 1.89 bits per heavy atom. The number of non-ortho nitro benzene ring substituents is 1. The van der Waals surface area contributed by atoms with Crippen LogP contribution >= 0.6 is 15.9 Å². The first kappa shape index (κ1) is 20.1. The van der Waals surface area contributed by atoms with E-state index in [4.69, 9.17) is 4.74 Å². The largest absolute Gasteiger partial charge is 0.483 e. The molecule has 0 aliphatic carbocycles. The van der Waals surface area contributed by atoms with Crippen molar-refractivity contribution >= 4 is 39.5 Å². The van der Waals surface area contributed by atoms with Crippen LogP contribution in [-0.2, 0) is 9.59 Å². The zero-order valence-corrected chi connectivity index (χ0v) is 15.9. The maximum atomic E-state index is 11.7. The Morgan fingerprint density at radius 3 is 2.52 bits per heavy atom. The van der Waals surface area contributed by atoms with E-state index in [9.17, 15) is 19.7 Å². The van der Waals surface area contributed by atoms with Crippen LogP contribution in [0.2, 0.25) is 0 Å². The topological polar surface area (TPSA) is 111 Å². The van der Waals surface area contributed by atoms with E-state index >= 15 is 0 Å². The minimum absolute atomic E-state index is 0.0379. The number of benzene rings is 2. The molecule has 27 heavy (non-hydrogen) atoms. The maximum Gasteiger partial charge on any atom is 0.276 e. The Labute approximate surface area is 163 Å². The third kappa shape index (κ3) is 6.55. The smallest absolute Gasteiger partial charge is 0.276 e.